The standard InChI is InChI=1S/C23H28N6O3S/c1-2-29-22(19-7-4-12-32-19)26-27-23(29)33-15-20(30)25-18-6-3-5-16(13-18)14-28-10-8-17(9-11-28)21(24)31/h3-7,12-13,17H,2,8-11,14-15H2,1H3,(H2,24,31)(H,25,30). The number of furan rings is 1. The first-order valence-corrected chi connectivity index (χ1v) is 12.0. The zero-order chi connectivity index (χ0) is 23.2. The van der Waals surface area contributed by atoms with Gasteiger partial charge < -0.3 is 15.5 Å². The Morgan fingerprint density at radius 1 is 1.21 bits per heavy atom. The first-order valence-electron chi connectivity index (χ1n) is 11.0. The topological polar surface area (TPSA) is 119 Å². The van der Waals surface area contributed by atoms with Crippen molar-refractivity contribution in [2.75, 3.05) is 24.2 Å². The lowest BCUT2D eigenvalue weighted by atomic mass is 9.96. The Morgan fingerprint density at radius 3 is 2.73 bits per heavy atom. The molecule has 1 fully saturated rings. The predicted octanol–water partition coefficient (Wildman–Crippen LogP) is 2.99. The number of benzene rings is 1. The molecular weight excluding hydrogens is 440 g/mol. The van der Waals surface area contributed by atoms with E-state index in [1.54, 1.807) is 6.26 Å². The normalized spacial score (nSPS) is 14.9. The van der Waals surface area contributed by atoms with E-state index >= 15 is 0 Å². The van der Waals surface area contributed by atoms with Gasteiger partial charge in [0, 0.05) is 24.7 Å². The monoisotopic (exact) mass is 468 g/mol. The van der Waals surface area contributed by atoms with Gasteiger partial charge in [0.15, 0.2) is 16.7 Å². The van der Waals surface area contributed by atoms with Gasteiger partial charge in [0.25, 0.3) is 0 Å². The summed E-state index contributed by atoms with van der Waals surface area (Å²) in [5, 5.41) is 12.1. The molecule has 4 rings (SSSR count). The van der Waals surface area contributed by atoms with Gasteiger partial charge in [-0.15, -0.1) is 10.2 Å². The largest absolute Gasteiger partial charge is 0.461 e. The van der Waals surface area contributed by atoms with Crippen LogP contribution in [-0.2, 0) is 22.7 Å². The number of hydrogen-bond acceptors (Lipinski definition) is 7. The number of carbonyl (C=O) groups excluding carboxylic acids is 2. The third-order valence-electron chi connectivity index (χ3n) is 5.71. The summed E-state index contributed by atoms with van der Waals surface area (Å²) < 4.78 is 7.35. The predicted molar refractivity (Wildman–Crippen MR) is 126 cm³/mol. The summed E-state index contributed by atoms with van der Waals surface area (Å²) >= 11 is 1.34. The minimum Gasteiger partial charge on any atom is -0.461 e. The Hall–Kier alpha value is -3.11. The molecule has 2 aromatic heterocycles. The van der Waals surface area contributed by atoms with Crippen molar-refractivity contribution in [2.24, 2.45) is 11.7 Å². The number of amides is 2. The number of thioether (sulfide) groups is 1. The third kappa shape index (κ3) is 5.82. The number of piperidine rings is 1. The summed E-state index contributed by atoms with van der Waals surface area (Å²) in [4.78, 5) is 26.2. The number of nitrogens with two attached hydrogens (primary N) is 1. The van der Waals surface area contributed by atoms with Crippen LogP contribution < -0.4 is 11.1 Å². The van der Waals surface area contributed by atoms with E-state index in [1.165, 1.54) is 11.8 Å². The Bertz CT molecular complexity index is 1090. The summed E-state index contributed by atoms with van der Waals surface area (Å²) in [6.07, 6.45) is 3.20. The van der Waals surface area contributed by atoms with E-state index in [9.17, 15) is 9.59 Å². The van der Waals surface area contributed by atoms with Crippen LogP contribution in [0.4, 0.5) is 5.69 Å². The molecule has 0 spiro atoms. The van der Waals surface area contributed by atoms with Crippen LogP contribution in [0.1, 0.15) is 25.3 Å². The van der Waals surface area contributed by atoms with Crippen LogP contribution in [-0.4, -0.2) is 50.3 Å². The number of aromatic nitrogens is 3. The molecule has 1 aliphatic rings. The van der Waals surface area contributed by atoms with E-state index in [0.29, 0.717) is 23.3 Å². The van der Waals surface area contributed by atoms with E-state index in [0.717, 1.165) is 43.7 Å². The highest BCUT2D eigenvalue weighted by atomic mass is 32.2. The molecule has 0 radical (unpaired) electrons. The summed E-state index contributed by atoms with van der Waals surface area (Å²) in [7, 11) is 0. The molecule has 3 aromatic rings. The minimum absolute atomic E-state index is 0.0157. The minimum atomic E-state index is -0.202. The second-order valence-electron chi connectivity index (χ2n) is 8.02. The Kier molecular flexibility index (Phi) is 7.46. The number of carbonyl (C=O) groups is 2. The van der Waals surface area contributed by atoms with Crippen LogP contribution >= 0.6 is 11.8 Å². The fourth-order valence-corrected chi connectivity index (χ4v) is 4.78. The highest BCUT2D eigenvalue weighted by molar-refractivity contribution is 7.99. The van der Waals surface area contributed by atoms with Crippen molar-refractivity contribution in [3.63, 3.8) is 0 Å². The van der Waals surface area contributed by atoms with Crippen molar-refractivity contribution in [1.29, 1.82) is 0 Å². The van der Waals surface area contributed by atoms with Gasteiger partial charge >= 0.3 is 0 Å². The molecule has 2 amide bonds. The number of likely N-dealkylation sites (tertiary alicyclic amines) is 1. The van der Waals surface area contributed by atoms with Crippen LogP contribution in [0.2, 0.25) is 0 Å². The fourth-order valence-electron chi connectivity index (χ4n) is 3.98. The highest BCUT2D eigenvalue weighted by Crippen LogP contribution is 2.25. The summed E-state index contributed by atoms with van der Waals surface area (Å²) in [5.74, 6) is 1.20. The second kappa shape index (κ2) is 10.7. The molecule has 0 atom stereocenters. The zero-order valence-corrected chi connectivity index (χ0v) is 19.4. The van der Waals surface area contributed by atoms with Gasteiger partial charge in [-0.3, -0.25) is 19.1 Å². The second-order valence-corrected chi connectivity index (χ2v) is 8.96. The lowest BCUT2D eigenvalue weighted by Crippen LogP contribution is -2.38. The molecule has 0 saturated carbocycles. The molecule has 3 N–H and O–H groups in total. The van der Waals surface area contributed by atoms with E-state index in [-0.39, 0.29) is 23.5 Å². The maximum absolute atomic E-state index is 12.6. The number of primary amides is 1. The van der Waals surface area contributed by atoms with Gasteiger partial charge in [0.1, 0.15) is 0 Å². The molecule has 10 heteroatoms. The number of nitrogens with zero attached hydrogens (tertiary/aromatic N) is 4. The first-order chi connectivity index (χ1) is 16.0. The number of hydrogen-bond donors (Lipinski definition) is 2. The van der Waals surface area contributed by atoms with Gasteiger partial charge in [0.2, 0.25) is 11.8 Å². The van der Waals surface area contributed by atoms with Crippen molar-refractivity contribution in [3.8, 4) is 11.6 Å². The zero-order valence-electron chi connectivity index (χ0n) is 18.6. The van der Waals surface area contributed by atoms with Crippen molar-refractivity contribution in [3.05, 3.63) is 48.2 Å². The van der Waals surface area contributed by atoms with Gasteiger partial charge in [-0.2, -0.15) is 0 Å². The van der Waals surface area contributed by atoms with Crippen LogP contribution in [0, 0.1) is 5.92 Å². The van der Waals surface area contributed by atoms with Crippen LogP contribution in [0.3, 0.4) is 0 Å². The molecule has 0 aliphatic carbocycles. The smallest absolute Gasteiger partial charge is 0.234 e. The van der Waals surface area contributed by atoms with Crippen LogP contribution in [0.5, 0.6) is 0 Å². The summed E-state index contributed by atoms with van der Waals surface area (Å²) in [6.45, 7) is 5.14. The van der Waals surface area contributed by atoms with Crippen molar-refractivity contribution in [1.82, 2.24) is 19.7 Å². The molecule has 9 nitrogen and oxygen atoms in total. The quantitative estimate of drug-likeness (QED) is 0.463. The van der Waals surface area contributed by atoms with Gasteiger partial charge in [0.05, 0.1) is 12.0 Å². The summed E-state index contributed by atoms with van der Waals surface area (Å²) in [6, 6.07) is 11.5. The Labute approximate surface area is 196 Å². The highest BCUT2D eigenvalue weighted by Gasteiger charge is 2.23. The lowest BCUT2D eigenvalue weighted by molar-refractivity contribution is -0.123. The van der Waals surface area contributed by atoms with Gasteiger partial charge in [-0.05, 0) is 62.7 Å². The van der Waals surface area contributed by atoms with E-state index in [4.69, 9.17) is 10.2 Å². The maximum atomic E-state index is 12.6. The van der Waals surface area contributed by atoms with Crippen LogP contribution in [0.15, 0.2) is 52.2 Å². The fraction of sp³-hybridized carbons (Fsp3) is 0.391. The average molecular weight is 469 g/mol. The Morgan fingerprint density at radius 2 is 2.03 bits per heavy atom. The maximum Gasteiger partial charge on any atom is 0.234 e. The molecule has 1 aliphatic heterocycles. The molecule has 174 valence electrons. The van der Waals surface area contributed by atoms with Gasteiger partial charge in [-0.1, -0.05) is 23.9 Å². The number of rotatable bonds is 9. The molecule has 0 bridgehead atoms. The molecule has 1 saturated heterocycles. The molecule has 0 unspecified atom stereocenters. The summed E-state index contributed by atoms with van der Waals surface area (Å²) in [5.41, 5.74) is 7.30. The average Bonchev–Trinajstić information content (AvgIpc) is 3.48. The van der Waals surface area contributed by atoms with Crippen molar-refractivity contribution in [2.45, 2.75) is 38.0 Å². The molecular formula is C23H28N6O3S. The molecule has 1 aromatic carbocycles. The van der Waals surface area contributed by atoms with Crippen molar-refractivity contribution < 1.29 is 14.0 Å². The van der Waals surface area contributed by atoms with E-state index < -0.39 is 0 Å². The number of anilines is 1. The first kappa shape index (κ1) is 23.1. The van der Waals surface area contributed by atoms with E-state index in [1.807, 2.05) is 47.9 Å². The number of nitrogens with one attached hydrogen (secondary N) is 1. The van der Waals surface area contributed by atoms with Gasteiger partial charge in [-0.25, -0.2) is 0 Å². The van der Waals surface area contributed by atoms with E-state index in [2.05, 4.69) is 20.4 Å². The SMILES string of the molecule is CCn1c(SCC(=O)Nc2cccc(CN3CCC(C(N)=O)CC3)c2)nnc1-c1ccco1. The van der Waals surface area contributed by atoms with Crippen molar-refractivity contribution >= 4 is 29.3 Å². The molecule has 33 heavy (non-hydrogen) atoms. The van der Waals surface area contributed by atoms with Crippen LogP contribution in [0.25, 0.3) is 11.6 Å². The third-order valence-corrected chi connectivity index (χ3v) is 6.68. The molecule has 3 heterocycles. The Balaban J connectivity index is 1.30. The lowest BCUT2D eigenvalue weighted by Gasteiger charge is -2.30.